The molecule has 0 bridgehead atoms. The highest BCUT2D eigenvalue weighted by Crippen LogP contribution is 2.27. The summed E-state index contributed by atoms with van der Waals surface area (Å²) in [6, 6.07) is 10.1. The molecule has 1 heterocycles. The summed E-state index contributed by atoms with van der Waals surface area (Å²) in [5, 5.41) is 6.95. The van der Waals surface area contributed by atoms with Crippen molar-refractivity contribution >= 4 is 28.9 Å². The van der Waals surface area contributed by atoms with E-state index in [4.69, 9.17) is 16.4 Å². The van der Waals surface area contributed by atoms with E-state index in [1.807, 2.05) is 32.0 Å². The number of amides is 1. The normalized spacial score (nSPS) is 16.5. The van der Waals surface area contributed by atoms with Crippen molar-refractivity contribution in [1.82, 2.24) is 0 Å². The van der Waals surface area contributed by atoms with Crippen LogP contribution in [0.2, 0.25) is 5.02 Å². The van der Waals surface area contributed by atoms with E-state index in [1.165, 1.54) is 12.1 Å². The summed E-state index contributed by atoms with van der Waals surface area (Å²) < 4.78 is 14.0. The maximum absolute atomic E-state index is 14.0. The van der Waals surface area contributed by atoms with Crippen LogP contribution in [0.3, 0.4) is 0 Å². The van der Waals surface area contributed by atoms with Crippen LogP contribution in [-0.4, -0.2) is 17.7 Å². The number of benzene rings is 2. The van der Waals surface area contributed by atoms with Crippen LogP contribution in [0.5, 0.6) is 0 Å². The number of nitrogens with one attached hydrogen (secondary N) is 1. The number of halogens is 2. The first-order valence-electron chi connectivity index (χ1n) is 7.51. The molecule has 1 aliphatic heterocycles. The average Bonchev–Trinajstić information content (AvgIpc) is 3.00. The van der Waals surface area contributed by atoms with Gasteiger partial charge in [-0.3, -0.25) is 4.79 Å². The first kappa shape index (κ1) is 16.5. The average molecular weight is 347 g/mol. The number of rotatable bonds is 3. The van der Waals surface area contributed by atoms with E-state index in [0.29, 0.717) is 5.71 Å². The van der Waals surface area contributed by atoms with Gasteiger partial charge in [0, 0.05) is 12.1 Å². The van der Waals surface area contributed by atoms with Gasteiger partial charge in [-0.2, -0.15) is 0 Å². The Morgan fingerprint density at radius 1 is 1.25 bits per heavy atom. The predicted octanol–water partition coefficient (Wildman–Crippen LogP) is 4.23. The van der Waals surface area contributed by atoms with Gasteiger partial charge >= 0.3 is 0 Å². The molecule has 1 amide bonds. The van der Waals surface area contributed by atoms with Crippen LogP contribution < -0.4 is 5.32 Å². The molecule has 6 heteroatoms. The molecule has 1 aliphatic rings. The van der Waals surface area contributed by atoms with Gasteiger partial charge in [-0.05, 0) is 37.1 Å². The van der Waals surface area contributed by atoms with Gasteiger partial charge in [-0.15, -0.1) is 0 Å². The van der Waals surface area contributed by atoms with Gasteiger partial charge in [-0.1, -0.05) is 41.0 Å². The minimum atomic E-state index is -0.810. The van der Waals surface area contributed by atoms with Gasteiger partial charge in [0.05, 0.1) is 16.3 Å². The highest BCUT2D eigenvalue weighted by atomic mass is 35.5. The number of aryl methyl sites for hydroxylation is 2. The van der Waals surface area contributed by atoms with Crippen molar-refractivity contribution in [2.45, 2.75) is 26.4 Å². The summed E-state index contributed by atoms with van der Waals surface area (Å²) in [4.78, 5) is 17.6. The number of hydrogen-bond acceptors (Lipinski definition) is 3. The van der Waals surface area contributed by atoms with Gasteiger partial charge in [0.15, 0.2) is 0 Å². The van der Waals surface area contributed by atoms with E-state index in [0.717, 1.165) is 16.8 Å². The van der Waals surface area contributed by atoms with Crippen LogP contribution in [0.4, 0.5) is 10.1 Å². The summed E-state index contributed by atoms with van der Waals surface area (Å²) in [5.41, 5.74) is 3.18. The van der Waals surface area contributed by atoms with E-state index < -0.39 is 11.9 Å². The number of anilines is 1. The zero-order valence-electron chi connectivity index (χ0n) is 13.3. The van der Waals surface area contributed by atoms with Crippen molar-refractivity contribution in [3.8, 4) is 0 Å². The van der Waals surface area contributed by atoms with Crippen LogP contribution in [0, 0.1) is 19.7 Å². The molecule has 24 heavy (non-hydrogen) atoms. The molecule has 0 saturated heterocycles. The zero-order chi connectivity index (χ0) is 17.3. The van der Waals surface area contributed by atoms with Crippen molar-refractivity contribution in [2.24, 2.45) is 5.16 Å². The molecule has 0 radical (unpaired) electrons. The van der Waals surface area contributed by atoms with Crippen molar-refractivity contribution in [3.05, 3.63) is 63.9 Å². The van der Waals surface area contributed by atoms with Gasteiger partial charge in [0.1, 0.15) is 5.82 Å². The van der Waals surface area contributed by atoms with E-state index >= 15 is 0 Å². The van der Waals surface area contributed by atoms with Gasteiger partial charge in [0.2, 0.25) is 6.10 Å². The number of hydrogen-bond donors (Lipinski definition) is 1. The molecule has 2 aromatic carbocycles. The highest BCUT2D eigenvalue weighted by molar-refractivity contribution is 6.34. The second-order valence-electron chi connectivity index (χ2n) is 5.69. The van der Waals surface area contributed by atoms with Gasteiger partial charge < -0.3 is 10.2 Å². The Kier molecular flexibility index (Phi) is 4.53. The molecular weight excluding hydrogens is 331 g/mol. The third-order valence-electron chi connectivity index (χ3n) is 3.94. The Labute approximate surface area is 144 Å². The lowest BCUT2D eigenvalue weighted by Gasteiger charge is -2.13. The lowest BCUT2D eigenvalue weighted by atomic mass is 10.0. The molecule has 3 rings (SSSR count). The Morgan fingerprint density at radius 3 is 2.58 bits per heavy atom. The fraction of sp³-hybridized carbons (Fsp3) is 0.222. The lowest BCUT2D eigenvalue weighted by molar-refractivity contribution is -0.125. The first-order chi connectivity index (χ1) is 11.5. The van der Waals surface area contributed by atoms with Gasteiger partial charge in [-0.25, -0.2) is 4.39 Å². The summed E-state index contributed by atoms with van der Waals surface area (Å²) >= 11 is 6.03. The lowest BCUT2D eigenvalue weighted by Crippen LogP contribution is -2.28. The topological polar surface area (TPSA) is 50.7 Å². The third-order valence-corrected chi connectivity index (χ3v) is 4.26. The SMILES string of the molecule is Cc1cccc(C)c1NC(=O)C1CC(c2c(F)cccc2Cl)=NO1. The fourth-order valence-electron chi connectivity index (χ4n) is 2.65. The molecule has 0 aliphatic carbocycles. The van der Waals surface area contributed by atoms with Crippen molar-refractivity contribution in [3.63, 3.8) is 0 Å². The van der Waals surface area contributed by atoms with Crippen molar-refractivity contribution < 1.29 is 14.0 Å². The second kappa shape index (κ2) is 6.61. The van der Waals surface area contributed by atoms with Crippen LogP contribution in [-0.2, 0) is 9.63 Å². The molecular formula is C18H16ClFN2O2. The van der Waals surface area contributed by atoms with Crippen LogP contribution in [0.1, 0.15) is 23.1 Å². The monoisotopic (exact) mass is 346 g/mol. The van der Waals surface area contributed by atoms with E-state index in [9.17, 15) is 9.18 Å². The number of para-hydroxylation sites is 1. The van der Waals surface area contributed by atoms with Crippen molar-refractivity contribution in [1.29, 1.82) is 0 Å². The maximum atomic E-state index is 14.0. The highest BCUT2D eigenvalue weighted by Gasteiger charge is 2.31. The molecule has 1 unspecified atom stereocenters. The summed E-state index contributed by atoms with van der Waals surface area (Å²) in [7, 11) is 0. The number of nitrogens with zero attached hydrogens (tertiary/aromatic N) is 1. The Hall–Kier alpha value is -2.40. The first-order valence-corrected chi connectivity index (χ1v) is 7.89. The molecule has 0 aromatic heterocycles. The molecule has 1 atom stereocenters. The maximum Gasteiger partial charge on any atom is 0.268 e. The molecule has 0 spiro atoms. The molecule has 1 N–H and O–H groups in total. The van der Waals surface area contributed by atoms with E-state index in [2.05, 4.69) is 10.5 Å². The summed E-state index contributed by atoms with van der Waals surface area (Å²) in [6.45, 7) is 3.83. The number of carbonyl (C=O) groups excluding carboxylic acids is 1. The van der Waals surface area contributed by atoms with Crippen molar-refractivity contribution in [2.75, 3.05) is 5.32 Å². The van der Waals surface area contributed by atoms with Crippen LogP contribution in [0.15, 0.2) is 41.6 Å². The zero-order valence-corrected chi connectivity index (χ0v) is 14.0. The number of oxime groups is 1. The Bertz CT molecular complexity index is 795. The van der Waals surface area contributed by atoms with E-state index in [-0.39, 0.29) is 22.9 Å². The minimum Gasteiger partial charge on any atom is -0.382 e. The molecule has 4 nitrogen and oxygen atoms in total. The summed E-state index contributed by atoms with van der Waals surface area (Å²) in [6.07, 6.45) is -0.646. The van der Waals surface area contributed by atoms with Crippen LogP contribution in [0.25, 0.3) is 0 Å². The number of carbonyl (C=O) groups is 1. The molecule has 0 saturated carbocycles. The van der Waals surface area contributed by atoms with E-state index in [1.54, 1.807) is 6.07 Å². The smallest absolute Gasteiger partial charge is 0.268 e. The molecule has 0 fully saturated rings. The standard InChI is InChI=1S/C18H16ClFN2O2/c1-10-5-3-6-11(2)17(10)21-18(23)15-9-14(22-24-15)16-12(19)7-4-8-13(16)20/h3-8,15H,9H2,1-2H3,(H,21,23). The predicted molar refractivity (Wildman–Crippen MR) is 92.0 cm³/mol. The Morgan fingerprint density at radius 2 is 1.92 bits per heavy atom. The van der Waals surface area contributed by atoms with Crippen LogP contribution >= 0.6 is 11.6 Å². The minimum absolute atomic E-state index is 0.164. The Balaban J connectivity index is 1.74. The fourth-order valence-corrected chi connectivity index (χ4v) is 2.93. The largest absolute Gasteiger partial charge is 0.382 e. The molecule has 124 valence electrons. The van der Waals surface area contributed by atoms with Gasteiger partial charge in [0.25, 0.3) is 5.91 Å². The second-order valence-corrected chi connectivity index (χ2v) is 6.10. The third kappa shape index (κ3) is 3.12. The molecule has 2 aromatic rings. The quantitative estimate of drug-likeness (QED) is 0.904. The summed E-state index contributed by atoms with van der Waals surface area (Å²) in [5.74, 6) is -0.806.